The molecule has 58 valence electrons. The average molecular weight is 140 g/mol. The molecule has 2 rings (SSSR count). The van der Waals surface area contributed by atoms with Gasteiger partial charge in [0.25, 0.3) is 0 Å². The molecule has 2 saturated heterocycles. The first-order valence-electron chi connectivity index (χ1n) is 4.20. The number of nitrogens with one attached hydrogen (secondary N) is 1. The Hall–Kier alpha value is -0.0800. The summed E-state index contributed by atoms with van der Waals surface area (Å²) in [4.78, 5) is 2.44. The summed E-state index contributed by atoms with van der Waals surface area (Å²) in [5.74, 6) is 0.898. The number of rotatable bonds is 0. The van der Waals surface area contributed by atoms with Gasteiger partial charge in [0.2, 0.25) is 0 Å². The highest BCUT2D eigenvalue weighted by Gasteiger charge is 2.35. The van der Waals surface area contributed by atoms with E-state index >= 15 is 0 Å². The first-order valence-corrected chi connectivity index (χ1v) is 4.20. The molecule has 0 amide bonds. The first kappa shape index (κ1) is 6.62. The molecule has 2 bridgehead atoms. The molecule has 0 spiro atoms. The molecule has 0 radical (unpaired) electrons. The van der Waals surface area contributed by atoms with E-state index in [1.54, 1.807) is 0 Å². The molecule has 1 N–H and O–H groups in total. The van der Waals surface area contributed by atoms with Crippen molar-refractivity contribution in [3.63, 3.8) is 0 Å². The van der Waals surface area contributed by atoms with Crippen molar-refractivity contribution in [3.05, 3.63) is 0 Å². The van der Waals surface area contributed by atoms with Crippen molar-refractivity contribution >= 4 is 0 Å². The van der Waals surface area contributed by atoms with Gasteiger partial charge in [0, 0.05) is 25.2 Å². The van der Waals surface area contributed by atoms with E-state index in [1.807, 2.05) is 0 Å². The maximum absolute atomic E-state index is 3.63. The van der Waals surface area contributed by atoms with Gasteiger partial charge in [-0.3, -0.25) is 0 Å². The van der Waals surface area contributed by atoms with Crippen molar-refractivity contribution < 1.29 is 0 Å². The number of piperazine rings is 1. The zero-order valence-electron chi connectivity index (χ0n) is 6.80. The van der Waals surface area contributed by atoms with Crippen LogP contribution in [0.4, 0.5) is 0 Å². The Morgan fingerprint density at radius 1 is 1.40 bits per heavy atom. The third-order valence-corrected chi connectivity index (χ3v) is 2.83. The molecule has 2 fully saturated rings. The smallest absolute Gasteiger partial charge is 0.0224 e. The number of likely N-dealkylation sites (N-methyl/N-ethyl adjacent to an activating group) is 1. The van der Waals surface area contributed by atoms with E-state index in [0.29, 0.717) is 0 Å². The molecule has 0 aromatic heterocycles. The van der Waals surface area contributed by atoms with Crippen LogP contribution < -0.4 is 5.32 Å². The van der Waals surface area contributed by atoms with Crippen LogP contribution >= 0.6 is 0 Å². The van der Waals surface area contributed by atoms with Gasteiger partial charge >= 0.3 is 0 Å². The average Bonchev–Trinajstić information content (AvgIpc) is 2.07. The lowest BCUT2D eigenvalue weighted by Gasteiger charge is -2.30. The highest BCUT2D eigenvalue weighted by molar-refractivity contribution is 4.95. The van der Waals surface area contributed by atoms with Crippen molar-refractivity contribution in [1.29, 1.82) is 0 Å². The molecule has 3 unspecified atom stereocenters. The van der Waals surface area contributed by atoms with Crippen molar-refractivity contribution in [3.8, 4) is 0 Å². The molecule has 0 aromatic rings. The maximum Gasteiger partial charge on any atom is 0.0224 e. The van der Waals surface area contributed by atoms with Crippen LogP contribution in [-0.4, -0.2) is 37.1 Å². The van der Waals surface area contributed by atoms with Gasteiger partial charge in [-0.2, -0.15) is 0 Å². The highest BCUT2D eigenvalue weighted by atomic mass is 15.2. The van der Waals surface area contributed by atoms with Gasteiger partial charge in [0.05, 0.1) is 0 Å². The molecule has 0 aliphatic carbocycles. The number of likely N-dealkylation sites (tertiary alicyclic amines) is 1. The fourth-order valence-electron chi connectivity index (χ4n) is 2.29. The summed E-state index contributed by atoms with van der Waals surface area (Å²) < 4.78 is 0. The fraction of sp³-hybridized carbons (Fsp3) is 1.00. The van der Waals surface area contributed by atoms with Crippen LogP contribution in [0.1, 0.15) is 13.3 Å². The van der Waals surface area contributed by atoms with Crippen LogP contribution in [0.2, 0.25) is 0 Å². The van der Waals surface area contributed by atoms with Gasteiger partial charge in [-0.25, -0.2) is 0 Å². The van der Waals surface area contributed by atoms with Crippen LogP contribution in [0, 0.1) is 5.92 Å². The van der Waals surface area contributed by atoms with Crippen LogP contribution in [0.15, 0.2) is 0 Å². The van der Waals surface area contributed by atoms with Crippen molar-refractivity contribution in [1.82, 2.24) is 10.2 Å². The lowest BCUT2D eigenvalue weighted by molar-refractivity contribution is 0.228. The first-order chi connectivity index (χ1) is 4.75. The molecular formula is C8H16N2. The van der Waals surface area contributed by atoms with Gasteiger partial charge in [0.15, 0.2) is 0 Å². The second-order valence-corrected chi connectivity index (χ2v) is 3.90. The minimum absolute atomic E-state index is 0.781. The number of hydrogen-bond donors (Lipinski definition) is 1. The zero-order chi connectivity index (χ0) is 7.14. The van der Waals surface area contributed by atoms with E-state index in [2.05, 4.69) is 24.2 Å². The maximum atomic E-state index is 3.63. The molecule has 10 heavy (non-hydrogen) atoms. The zero-order valence-corrected chi connectivity index (χ0v) is 6.80. The summed E-state index contributed by atoms with van der Waals surface area (Å²) in [6, 6.07) is 1.57. The Kier molecular flexibility index (Phi) is 1.46. The standard InChI is InChI=1S/C8H16N2/c1-6-3-7-4-10(2)5-8(6)9-7/h6-9H,3-5H2,1-2H3. The highest BCUT2D eigenvalue weighted by Crippen LogP contribution is 2.24. The summed E-state index contributed by atoms with van der Waals surface area (Å²) in [5, 5.41) is 3.63. The summed E-state index contributed by atoms with van der Waals surface area (Å²) in [5.41, 5.74) is 0. The molecule has 2 nitrogen and oxygen atoms in total. The number of fused-ring (bicyclic) bond motifs is 2. The topological polar surface area (TPSA) is 15.3 Å². The Morgan fingerprint density at radius 3 is 2.90 bits per heavy atom. The molecule has 2 heteroatoms. The minimum atomic E-state index is 0.781. The van der Waals surface area contributed by atoms with E-state index in [0.717, 1.165) is 18.0 Å². The second kappa shape index (κ2) is 2.21. The lowest BCUT2D eigenvalue weighted by Crippen LogP contribution is -2.50. The van der Waals surface area contributed by atoms with Crippen LogP contribution in [0.3, 0.4) is 0 Å². The van der Waals surface area contributed by atoms with Crippen LogP contribution in [0.5, 0.6) is 0 Å². The molecule has 3 atom stereocenters. The van der Waals surface area contributed by atoms with Crippen LogP contribution in [0.25, 0.3) is 0 Å². The summed E-state index contributed by atoms with van der Waals surface area (Å²) in [6.45, 7) is 4.86. The Balaban J connectivity index is 2.06. The van der Waals surface area contributed by atoms with E-state index in [1.165, 1.54) is 19.5 Å². The third-order valence-electron chi connectivity index (χ3n) is 2.83. The number of nitrogens with zero attached hydrogens (tertiary/aromatic N) is 1. The molecule has 2 aliphatic rings. The van der Waals surface area contributed by atoms with E-state index in [4.69, 9.17) is 0 Å². The quantitative estimate of drug-likeness (QED) is 0.520. The lowest BCUT2D eigenvalue weighted by atomic mass is 10.0. The largest absolute Gasteiger partial charge is 0.308 e. The van der Waals surface area contributed by atoms with E-state index in [9.17, 15) is 0 Å². The Bertz CT molecular complexity index is 130. The van der Waals surface area contributed by atoms with E-state index in [-0.39, 0.29) is 0 Å². The van der Waals surface area contributed by atoms with Crippen molar-refractivity contribution in [2.45, 2.75) is 25.4 Å². The molecular weight excluding hydrogens is 124 g/mol. The third kappa shape index (κ3) is 0.956. The van der Waals surface area contributed by atoms with E-state index < -0.39 is 0 Å². The molecule has 0 aromatic carbocycles. The summed E-state index contributed by atoms with van der Waals surface area (Å²) in [6.07, 6.45) is 1.38. The fourth-order valence-corrected chi connectivity index (χ4v) is 2.29. The number of hydrogen-bond acceptors (Lipinski definition) is 2. The normalized spacial score (nSPS) is 48.0. The Morgan fingerprint density at radius 2 is 2.20 bits per heavy atom. The second-order valence-electron chi connectivity index (χ2n) is 3.90. The van der Waals surface area contributed by atoms with Crippen molar-refractivity contribution in [2.75, 3.05) is 20.1 Å². The predicted molar refractivity (Wildman–Crippen MR) is 42.0 cm³/mol. The van der Waals surface area contributed by atoms with Gasteiger partial charge in [-0.05, 0) is 19.4 Å². The SMILES string of the molecule is CC1CC2CN(C)CC1N2. The molecule has 2 aliphatic heterocycles. The minimum Gasteiger partial charge on any atom is -0.308 e. The predicted octanol–water partition coefficient (Wildman–Crippen LogP) is 0.298. The summed E-state index contributed by atoms with van der Waals surface area (Å²) >= 11 is 0. The van der Waals surface area contributed by atoms with Crippen LogP contribution in [-0.2, 0) is 0 Å². The monoisotopic (exact) mass is 140 g/mol. The summed E-state index contributed by atoms with van der Waals surface area (Å²) in [7, 11) is 2.22. The molecule has 0 saturated carbocycles. The van der Waals surface area contributed by atoms with Crippen molar-refractivity contribution in [2.24, 2.45) is 5.92 Å². The molecule has 2 heterocycles. The van der Waals surface area contributed by atoms with Gasteiger partial charge in [-0.1, -0.05) is 6.92 Å². The Labute approximate surface area is 62.6 Å². The van der Waals surface area contributed by atoms with Gasteiger partial charge < -0.3 is 10.2 Å². The van der Waals surface area contributed by atoms with Gasteiger partial charge in [0.1, 0.15) is 0 Å². The van der Waals surface area contributed by atoms with Gasteiger partial charge in [-0.15, -0.1) is 0 Å².